The third kappa shape index (κ3) is 2.34. The Labute approximate surface area is 202 Å². The summed E-state index contributed by atoms with van der Waals surface area (Å²) in [6.07, 6.45) is 4.76. The summed E-state index contributed by atoms with van der Waals surface area (Å²) in [7, 11) is -2.26. The molecule has 0 aromatic heterocycles. The first-order valence-electron chi connectivity index (χ1n) is 12.9. The normalized spacial score (nSPS) is 44.1. The van der Waals surface area contributed by atoms with Crippen LogP contribution in [0.3, 0.4) is 0 Å². The van der Waals surface area contributed by atoms with Gasteiger partial charge in [-0.15, -0.1) is 0 Å². The van der Waals surface area contributed by atoms with Gasteiger partial charge in [-0.25, -0.2) is 4.79 Å². The topological polar surface area (TPSA) is 100 Å². The van der Waals surface area contributed by atoms with Gasteiger partial charge in [0.1, 0.15) is 17.6 Å². The average molecular weight is 488 g/mol. The minimum atomic E-state index is -2.26. The predicted octanol–water partition coefficient (Wildman–Crippen LogP) is 2.84. The number of rotatable bonds is 3. The van der Waals surface area contributed by atoms with Crippen molar-refractivity contribution in [3.05, 3.63) is 11.6 Å². The number of carbonyl (C=O) groups excluding carboxylic acids is 3. The monoisotopic (exact) mass is 487 g/mol. The number of hydrogen-bond donors (Lipinski definition) is 2. The SMILES string of the molecule is CCNC(=O)N1C(=O)[C@@]23C=C4CCC[C@]41[C@H]1C(=O)N[C@]2(CC[C@@H]3O[Si](C)(C)C(C)(C)C)[C@@H]2O[C@@H]21. The molecule has 4 bridgehead atoms. The number of hydrogen-bond acceptors (Lipinski definition) is 5. The number of imide groups is 1. The molecule has 6 heterocycles. The Balaban J connectivity index is 1.60. The maximum absolute atomic E-state index is 14.8. The molecule has 8 nitrogen and oxygen atoms in total. The molecule has 9 rings (SSSR count). The Morgan fingerprint density at radius 2 is 2.06 bits per heavy atom. The molecule has 2 N–H and O–H groups in total. The van der Waals surface area contributed by atoms with Gasteiger partial charge in [-0.05, 0) is 62.7 Å². The van der Waals surface area contributed by atoms with Gasteiger partial charge in [0.15, 0.2) is 8.32 Å². The first-order chi connectivity index (χ1) is 15.9. The fourth-order valence-electron chi connectivity index (χ4n) is 7.72. The quantitative estimate of drug-likeness (QED) is 0.362. The van der Waals surface area contributed by atoms with Crippen LogP contribution in [0.2, 0.25) is 18.1 Å². The van der Waals surface area contributed by atoms with Crippen molar-refractivity contribution in [1.82, 2.24) is 15.5 Å². The summed E-state index contributed by atoms with van der Waals surface area (Å²) in [5, 5.41) is 6.18. The van der Waals surface area contributed by atoms with Gasteiger partial charge in [0.05, 0.1) is 23.1 Å². The van der Waals surface area contributed by atoms with Gasteiger partial charge in [0.25, 0.3) is 0 Å². The third-order valence-electron chi connectivity index (χ3n) is 10.2. The van der Waals surface area contributed by atoms with Crippen molar-refractivity contribution < 1.29 is 23.5 Å². The van der Waals surface area contributed by atoms with Crippen molar-refractivity contribution in [3.63, 3.8) is 0 Å². The number of amides is 4. The zero-order chi connectivity index (χ0) is 24.5. The van der Waals surface area contributed by atoms with Gasteiger partial charge in [0.2, 0.25) is 11.8 Å². The lowest BCUT2D eigenvalue weighted by atomic mass is 9.54. The molecule has 9 heteroatoms. The Hall–Kier alpha value is -1.71. The number of urea groups is 1. The number of piperidine rings is 1. The maximum atomic E-state index is 14.8. The number of nitrogens with one attached hydrogen (secondary N) is 2. The van der Waals surface area contributed by atoms with Crippen LogP contribution >= 0.6 is 0 Å². The van der Waals surface area contributed by atoms with E-state index in [4.69, 9.17) is 9.16 Å². The molecule has 2 saturated carbocycles. The molecular formula is C25H37N3O5Si. The third-order valence-corrected chi connectivity index (χ3v) is 14.7. The van der Waals surface area contributed by atoms with E-state index in [1.165, 1.54) is 4.90 Å². The van der Waals surface area contributed by atoms with Crippen molar-refractivity contribution in [2.75, 3.05) is 6.54 Å². The van der Waals surface area contributed by atoms with Crippen LogP contribution in [0.5, 0.6) is 0 Å². The Morgan fingerprint density at radius 3 is 2.74 bits per heavy atom. The molecule has 0 unspecified atom stereocenters. The van der Waals surface area contributed by atoms with Gasteiger partial charge < -0.3 is 19.8 Å². The summed E-state index contributed by atoms with van der Waals surface area (Å²) in [5.41, 5.74) is -1.90. The Bertz CT molecular complexity index is 1040. The van der Waals surface area contributed by atoms with Crippen molar-refractivity contribution in [2.24, 2.45) is 11.3 Å². The molecule has 7 atom stereocenters. The van der Waals surface area contributed by atoms with E-state index in [2.05, 4.69) is 50.6 Å². The molecular weight excluding hydrogens is 450 g/mol. The molecule has 4 saturated heterocycles. The number of ether oxygens (including phenoxy) is 1. The first kappa shape index (κ1) is 22.7. The maximum Gasteiger partial charge on any atom is 0.324 e. The average Bonchev–Trinajstić information content (AvgIpc) is 3.33. The zero-order valence-corrected chi connectivity index (χ0v) is 22.1. The molecule has 6 fully saturated rings. The van der Waals surface area contributed by atoms with E-state index in [1.807, 2.05) is 6.92 Å². The van der Waals surface area contributed by atoms with Crippen molar-refractivity contribution in [2.45, 2.75) is 107 Å². The lowest BCUT2D eigenvalue weighted by Crippen LogP contribution is -2.82. The van der Waals surface area contributed by atoms with E-state index in [1.54, 1.807) is 0 Å². The fourth-order valence-corrected chi connectivity index (χ4v) is 9.09. The standard InChI is InChI=1S/C25H37N3O5Si/c1-7-26-21(31)28-20(30)23-13-14-9-8-11-24(14,28)16-17-18(32-17)25(23,27-19(16)29)12-10-15(23)33-34(5,6)22(2,3)4/h13,15-18H,7-12H2,1-6H3,(H,26,31)(H,27,29)/t15-,16+,17+,18+,23-,24+,25+/m0/s1. The molecule has 0 aromatic rings. The molecule has 34 heavy (non-hydrogen) atoms. The van der Waals surface area contributed by atoms with Crippen LogP contribution < -0.4 is 10.6 Å². The second kappa shape index (κ2) is 6.53. The van der Waals surface area contributed by atoms with Crippen molar-refractivity contribution in [1.29, 1.82) is 0 Å². The molecule has 3 aliphatic carbocycles. The van der Waals surface area contributed by atoms with E-state index in [0.29, 0.717) is 25.8 Å². The predicted molar refractivity (Wildman–Crippen MR) is 127 cm³/mol. The minimum absolute atomic E-state index is 0.0399. The smallest absolute Gasteiger partial charge is 0.324 e. The molecule has 6 aliphatic heterocycles. The highest BCUT2D eigenvalue weighted by atomic mass is 28.4. The van der Waals surface area contributed by atoms with E-state index < -0.39 is 42.9 Å². The van der Waals surface area contributed by atoms with Crippen LogP contribution in [0.25, 0.3) is 0 Å². The zero-order valence-electron chi connectivity index (χ0n) is 21.1. The molecule has 186 valence electrons. The lowest BCUT2D eigenvalue weighted by molar-refractivity contribution is -0.163. The molecule has 0 radical (unpaired) electrons. The highest BCUT2D eigenvalue weighted by molar-refractivity contribution is 6.74. The Kier molecular flexibility index (Phi) is 4.37. The number of carbonyl (C=O) groups is 3. The molecule has 4 amide bonds. The van der Waals surface area contributed by atoms with Gasteiger partial charge in [0, 0.05) is 6.54 Å². The minimum Gasteiger partial charge on any atom is -0.412 e. The summed E-state index contributed by atoms with van der Waals surface area (Å²) in [6, 6.07) is -0.398. The number of epoxide rings is 1. The summed E-state index contributed by atoms with van der Waals surface area (Å²) >= 11 is 0. The lowest BCUT2D eigenvalue weighted by Gasteiger charge is -2.61. The summed E-state index contributed by atoms with van der Waals surface area (Å²) in [5.74, 6) is -0.850. The summed E-state index contributed by atoms with van der Waals surface area (Å²) in [6.45, 7) is 13.2. The van der Waals surface area contributed by atoms with Crippen LogP contribution in [0.1, 0.15) is 59.8 Å². The first-order valence-corrected chi connectivity index (χ1v) is 15.8. The van der Waals surface area contributed by atoms with Gasteiger partial charge >= 0.3 is 6.03 Å². The van der Waals surface area contributed by atoms with Gasteiger partial charge in [-0.1, -0.05) is 26.8 Å². The van der Waals surface area contributed by atoms with Gasteiger partial charge in [-0.2, -0.15) is 0 Å². The highest BCUT2D eigenvalue weighted by Crippen LogP contribution is 2.69. The second-order valence-electron chi connectivity index (χ2n) is 12.7. The largest absolute Gasteiger partial charge is 0.412 e. The van der Waals surface area contributed by atoms with Crippen LogP contribution in [0.15, 0.2) is 11.6 Å². The van der Waals surface area contributed by atoms with Crippen LogP contribution in [0, 0.1) is 11.3 Å². The van der Waals surface area contributed by atoms with E-state index in [-0.39, 0.29) is 29.1 Å². The highest BCUT2D eigenvalue weighted by Gasteiger charge is 2.84. The summed E-state index contributed by atoms with van der Waals surface area (Å²) < 4.78 is 13.3. The summed E-state index contributed by atoms with van der Waals surface area (Å²) in [4.78, 5) is 43.6. The fraction of sp³-hybridized carbons (Fsp3) is 0.800. The van der Waals surface area contributed by atoms with Crippen LogP contribution in [-0.2, 0) is 18.8 Å². The van der Waals surface area contributed by atoms with Crippen LogP contribution in [-0.4, -0.2) is 67.0 Å². The van der Waals surface area contributed by atoms with E-state index in [9.17, 15) is 14.4 Å². The molecule has 9 aliphatic rings. The van der Waals surface area contributed by atoms with E-state index in [0.717, 1.165) is 18.4 Å². The van der Waals surface area contributed by atoms with Crippen molar-refractivity contribution >= 4 is 26.2 Å². The molecule has 3 spiro atoms. The van der Waals surface area contributed by atoms with Gasteiger partial charge in [-0.3, -0.25) is 14.5 Å². The second-order valence-corrected chi connectivity index (χ2v) is 17.4. The van der Waals surface area contributed by atoms with Crippen molar-refractivity contribution in [3.8, 4) is 0 Å². The Morgan fingerprint density at radius 1 is 1.32 bits per heavy atom. The number of nitrogens with zero attached hydrogens (tertiary/aromatic N) is 1. The molecule has 0 aromatic carbocycles. The van der Waals surface area contributed by atoms with E-state index >= 15 is 0 Å². The van der Waals surface area contributed by atoms with Crippen LogP contribution in [0.4, 0.5) is 4.79 Å².